The van der Waals surface area contributed by atoms with Crippen LogP contribution in [0.2, 0.25) is 0 Å². The summed E-state index contributed by atoms with van der Waals surface area (Å²) >= 11 is 0. The number of rotatable bonds is 2. The lowest BCUT2D eigenvalue weighted by Gasteiger charge is -2.43. The van der Waals surface area contributed by atoms with Gasteiger partial charge in [0.2, 0.25) is 5.95 Å². The molecule has 5 nitrogen and oxygen atoms in total. The van der Waals surface area contributed by atoms with Crippen LogP contribution in [0.3, 0.4) is 0 Å². The van der Waals surface area contributed by atoms with E-state index in [1.54, 1.807) is 0 Å². The molecule has 6 rings (SSSR count). The number of hydrogen-bond donors (Lipinski definition) is 1. The predicted molar refractivity (Wildman–Crippen MR) is 126 cm³/mol. The molecule has 1 N–H and O–H groups in total. The largest absolute Gasteiger partial charge is 0.368 e. The summed E-state index contributed by atoms with van der Waals surface area (Å²) in [5.41, 5.74) is 6.40. The molecule has 1 spiro atoms. The lowest BCUT2D eigenvalue weighted by atomic mass is 9.64. The number of piperazine rings is 1. The molecule has 1 aliphatic carbocycles. The highest BCUT2D eigenvalue weighted by Gasteiger charge is 2.40. The third kappa shape index (κ3) is 3.34. The third-order valence-corrected chi connectivity index (χ3v) is 7.45. The Kier molecular flexibility index (Phi) is 4.83. The van der Waals surface area contributed by atoms with Crippen molar-refractivity contribution in [2.75, 3.05) is 49.1 Å². The Morgan fingerprint density at radius 3 is 2.38 bits per heavy atom. The molecular weight excluding hydrogens is 401 g/mol. The van der Waals surface area contributed by atoms with Crippen LogP contribution in [0.25, 0.3) is 11.3 Å². The monoisotopic (exact) mass is 429 g/mol. The van der Waals surface area contributed by atoms with Crippen molar-refractivity contribution in [3.05, 3.63) is 71.7 Å². The molecule has 3 aliphatic rings. The molecule has 2 aromatic carbocycles. The Bertz CT molecular complexity index is 1120. The second-order valence-electron chi connectivity index (χ2n) is 9.25. The molecule has 0 atom stereocenters. The van der Waals surface area contributed by atoms with Crippen molar-refractivity contribution >= 4 is 11.6 Å². The fourth-order valence-corrected chi connectivity index (χ4v) is 5.69. The first-order chi connectivity index (χ1) is 15.7. The van der Waals surface area contributed by atoms with E-state index in [9.17, 15) is 4.39 Å². The summed E-state index contributed by atoms with van der Waals surface area (Å²) in [6, 6.07) is 15.6. The summed E-state index contributed by atoms with van der Waals surface area (Å²) in [7, 11) is 0. The fraction of sp³-hybridized carbons (Fsp3) is 0.385. The Morgan fingerprint density at radius 2 is 1.59 bits per heavy atom. The molecule has 2 fully saturated rings. The molecule has 3 aromatic rings. The maximum Gasteiger partial charge on any atom is 0.225 e. The summed E-state index contributed by atoms with van der Waals surface area (Å²) < 4.78 is 13.3. The number of nitrogens with zero attached hydrogens (tertiary/aromatic N) is 4. The second-order valence-corrected chi connectivity index (χ2v) is 9.25. The van der Waals surface area contributed by atoms with E-state index in [0.29, 0.717) is 0 Å². The molecule has 0 bridgehead atoms. The van der Waals surface area contributed by atoms with Gasteiger partial charge < -0.3 is 15.1 Å². The molecule has 2 aliphatic heterocycles. The molecule has 6 heteroatoms. The summed E-state index contributed by atoms with van der Waals surface area (Å²) in [6.45, 7) is 5.60. The number of anilines is 2. The number of aromatic nitrogens is 2. The zero-order valence-electron chi connectivity index (χ0n) is 18.2. The highest BCUT2D eigenvalue weighted by atomic mass is 19.1. The quantitative estimate of drug-likeness (QED) is 0.672. The molecule has 32 heavy (non-hydrogen) atoms. The first kappa shape index (κ1) is 19.7. The van der Waals surface area contributed by atoms with E-state index in [2.05, 4.69) is 45.6 Å². The maximum atomic E-state index is 13.3. The zero-order chi connectivity index (χ0) is 21.5. The van der Waals surface area contributed by atoms with Crippen LogP contribution < -0.4 is 15.1 Å². The van der Waals surface area contributed by atoms with Crippen molar-refractivity contribution in [1.29, 1.82) is 0 Å². The average molecular weight is 430 g/mol. The third-order valence-electron chi connectivity index (χ3n) is 7.45. The van der Waals surface area contributed by atoms with Crippen LogP contribution in [-0.4, -0.2) is 49.2 Å². The highest BCUT2D eigenvalue weighted by Crippen LogP contribution is 2.47. The van der Waals surface area contributed by atoms with Crippen LogP contribution in [-0.2, 0) is 11.8 Å². The molecular formula is C26H28FN5. The van der Waals surface area contributed by atoms with Crippen molar-refractivity contribution in [3.63, 3.8) is 0 Å². The van der Waals surface area contributed by atoms with Gasteiger partial charge in [-0.2, -0.15) is 0 Å². The molecule has 1 aromatic heterocycles. The first-order valence-electron chi connectivity index (χ1n) is 11.6. The number of halogens is 1. The normalized spacial score (nSPS) is 19.5. The summed E-state index contributed by atoms with van der Waals surface area (Å²) in [4.78, 5) is 14.5. The van der Waals surface area contributed by atoms with Crippen LogP contribution in [0.4, 0.5) is 16.0 Å². The minimum atomic E-state index is -0.193. The van der Waals surface area contributed by atoms with E-state index in [0.717, 1.165) is 75.9 Å². The van der Waals surface area contributed by atoms with Crippen molar-refractivity contribution in [3.8, 4) is 11.3 Å². The van der Waals surface area contributed by atoms with Gasteiger partial charge in [0.25, 0.3) is 0 Å². The van der Waals surface area contributed by atoms with Gasteiger partial charge in [-0.3, -0.25) is 0 Å². The Labute approximate surface area is 188 Å². The standard InChI is InChI=1S/C26H28FN5/c27-20-5-7-21(8-6-20)31-13-15-32(16-14-31)25-29-18-19-17-26(9-11-28-12-10-26)23-4-2-1-3-22(23)24(19)30-25/h1-8,18,28H,9-17H2. The highest BCUT2D eigenvalue weighted by molar-refractivity contribution is 5.72. The number of fused-ring (bicyclic) bond motifs is 4. The van der Waals surface area contributed by atoms with Gasteiger partial charge in [0, 0.05) is 49.0 Å². The Morgan fingerprint density at radius 1 is 0.875 bits per heavy atom. The van der Waals surface area contributed by atoms with Crippen LogP contribution in [0, 0.1) is 5.82 Å². The molecule has 0 amide bonds. The van der Waals surface area contributed by atoms with Gasteiger partial charge in [-0.25, -0.2) is 14.4 Å². The summed E-state index contributed by atoms with van der Waals surface area (Å²) in [5, 5.41) is 3.52. The van der Waals surface area contributed by atoms with Gasteiger partial charge in [0.15, 0.2) is 0 Å². The van der Waals surface area contributed by atoms with Gasteiger partial charge in [-0.05, 0) is 67.7 Å². The second kappa shape index (κ2) is 7.85. The van der Waals surface area contributed by atoms with Gasteiger partial charge in [-0.15, -0.1) is 0 Å². The molecule has 3 heterocycles. The van der Waals surface area contributed by atoms with Gasteiger partial charge in [0.05, 0.1) is 5.69 Å². The smallest absolute Gasteiger partial charge is 0.225 e. The topological polar surface area (TPSA) is 44.3 Å². The SMILES string of the molecule is Fc1ccc(N2CCN(c3ncc4c(n3)-c3ccccc3C3(CCNCC3)C4)CC2)cc1. The maximum absolute atomic E-state index is 13.3. The van der Waals surface area contributed by atoms with Crippen molar-refractivity contribution in [2.24, 2.45) is 0 Å². The van der Waals surface area contributed by atoms with Gasteiger partial charge in [0.1, 0.15) is 5.82 Å². The minimum absolute atomic E-state index is 0.193. The lowest BCUT2D eigenvalue weighted by Crippen LogP contribution is -2.47. The van der Waals surface area contributed by atoms with Gasteiger partial charge >= 0.3 is 0 Å². The summed E-state index contributed by atoms with van der Waals surface area (Å²) in [5.74, 6) is 0.625. The van der Waals surface area contributed by atoms with E-state index in [1.165, 1.54) is 28.8 Å². The number of piperidine rings is 1. The molecule has 2 saturated heterocycles. The van der Waals surface area contributed by atoms with Crippen molar-refractivity contribution < 1.29 is 4.39 Å². The van der Waals surface area contributed by atoms with Crippen LogP contribution in [0.1, 0.15) is 24.0 Å². The number of nitrogens with one attached hydrogen (secondary N) is 1. The number of benzene rings is 2. The Balaban J connectivity index is 1.26. The van der Waals surface area contributed by atoms with Crippen molar-refractivity contribution in [2.45, 2.75) is 24.7 Å². The molecule has 164 valence electrons. The van der Waals surface area contributed by atoms with E-state index >= 15 is 0 Å². The van der Waals surface area contributed by atoms with E-state index in [1.807, 2.05) is 12.1 Å². The van der Waals surface area contributed by atoms with Crippen LogP contribution in [0.15, 0.2) is 54.7 Å². The zero-order valence-corrected chi connectivity index (χ0v) is 18.2. The lowest BCUT2D eigenvalue weighted by molar-refractivity contribution is 0.302. The molecule has 0 radical (unpaired) electrons. The van der Waals surface area contributed by atoms with E-state index < -0.39 is 0 Å². The predicted octanol–water partition coefficient (Wildman–Crippen LogP) is 3.79. The van der Waals surface area contributed by atoms with Crippen molar-refractivity contribution in [1.82, 2.24) is 15.3 Å². The molecule has 0 saturated carbocycles. The summed E-state index contributed by atoms with van der Waals surface area (Å²) in [6.07, 6.45) is 5.43. The van der Waals surface area contributed by atoms with Crippen LogP contribution in [0.5, 0.6) is 0 Å². The Hall–Kier alpha value is -2.99. The van der Waals surface area contributed by atoms with E-state index in [4.69, 9.17) is 9.97 Å². The van der Waals surface area contributed by atoms with Gasteiger partial charge in [-0.1, -0.05) is 24.3 Å². The molecule has 0 unspecified atom stereocenters. The average Bonchev–Trinajstić information content (AvgIpc) is 2.85. The van der Waals surface area contributed by atoms with Crippen LogP contribution >= 0.6 is 0 Å². The minimum Gasteiger partial charge on any atom is -0.368 e. The fourth-order valence-electron chi connectivity index (χ4n) is 5.69. The van der Waals surface area contributed by atoms with E-state index in [-0.39, 0.29) is 11.2 Å². The first-order valence-corrected chi connectivity index (χ1v) is 11.6. The number of hydrogen-bond acceptors (Lipinski definition) is 5.